The molecule has 1 aliphatic carbocycles. The van der Waals surface area contributed by atoms with Gasteiger partial charge >= 0.3 is 0 Å². The van der Waals surface area contributed by atoms with Gasteiger partial charge in [0.05, 0.1) is 22.0 Å². The minimum Gasteiger partial charge on any atom is -0.272 e. The molecule has 0 aromatic heterocycles. The molecule has 2 amide bonds. The van der Waals surface area contributed by atoms with Crippen LogP contribution in [0.5, 0.6) is 0 Å². The number of hydrazine groups is 1. The van der Waals surface area contributed by atoms with Crippen molar-refractivity contribution in [3.05, 3.63) is 58.1 Å². The Morgan fingerprint density at radius 1 is 1.15 bits per heavy atom. The lowest BCUT2D eigenvalue weighted by atomic mass is 9.96. The molecule has 1 aromatic rings. The number of carbonyl (C=O) groups is 2. The lowest BCUT2D eigenvalue weighted by molar-refractivity contribution is -0.154. The molecular weight excluding hydrogens is 391 g/mol. The zero-order valence-corrected chi connectivity index (χ0v) is 17.3. The molecule has 7 heteroatoms. The fraction of sp³-hybridized carbons (Fsp3) is 0.316. The molecule has 1 aromatic carbocycles. The molecule has 2 rings (SSSR count). The van der Waals surface area contributed by atoms with Crippen LogP contribution in [-0.2, 0) is 4.79 Å². The Labute approximate surface area is 169 Å². The fourth-order valence-electron chi connectivity index (χ4n) is 2.72. The molecule has 0 aliphatic heterocycles. The first-order valence-electron chi connectivity index (χ1n) is 8.00. The smallest absolute Gasteiger partial charge is 0.272 e. The van der Waals surface area contributed by atoms with Crippen LogP contribution >= 0.6 is 35.4 Å². The summed E-state index contributed by atoms with van der Waals surface area (Å²) in [6.45, 7) is 5.54. The van der Waals surface area contributed by atoms with Gasteiger partial charge in [-0.05, 0) is 45.1 Å². The van der Waals surface area contributed by atoms with Crippen LogP contribution in [0.25, 0.3) is 0 Å². The summed E-state index contributed by atoms with van der Waals surface area (Å²) in [5.41, 5.74) is -0.333. The maximum absolute atomic E-state index is 13.2. The predicted octanol–water partition coefficient (Wildman–Crippen LogP) is 4.63. The van der Waals surface area contributed by atoms with Crippen LogP contribution in [0.1, 0.15) is 31.1 Å². The largest absolute Gasteiger partial charge is 0.273 e. The highest BCUT2D eigenvalue weighted by Crippen LogP contribution is 2.26. The van der Waals surface area contributed by atoms with Crippen molar-refractivity contribution in [3.63, 3.8) is 0 Å². The maximum atomic E-state index is 13.2. The summed E-state index contributed by atoms with van der Waals surface area (Å²) in [5.74, 6) is -1.34. The quantitative estimate of drug-likeness (QED) is 0.526. The van der Waals surface area contributed by atoms with Crippen LogP contribution in [0, 0.1) is 5.92 Å². The number of thiocarbonyl (C=S) groups is 1. The van der Waals surface area contributed by atoms with Gasteiger partial charge in [0.15, 0.2) is 0 Å². The number of hydrogen-bond donors (Lipinski definition) is 0. The van der Waals surface area contributed by atoms with E-state index in [0.717, 1.165) is 0 Å². The van der Waals surface area contributed by atoms with Crippen molar-refractivity contribution in [2.75, 3.05) is 7.05 Å². The van der Waals surface area contributed by atoms with Gasteiger partial charge in [0.1, 0.15) is 0 Å². The second-order valence-corrected chi connectivity index (χ2v) is 8.21. The highest BCUT2D eigenvalue weighted by Gasteiger charge is 2.38. The Morgan fingerprint density at radius 2 is 1.77 bits per heavy atom. The Hall–Kier alpha value is -1.69. The topological polar surface area (TPSA) is 40.6 Å². The SMILES string of the molecule is CN(C(=O)c1ccccc1Cl)N(C(=O)C1C=CC(Cl)=CC1=S)C(C)(C)C. The molecule has 0 bridgehead atoms. The number of amides is 2. The third kappa shape index (κ3) is 4.34. The molecular formula is C19H20Cl2N2O2S. The number of hydrogen-bond acceptors (Lipinski definition) is 3. The predicted molar refractivity (Wildman–Crippen MR) is 109 cm³/mol. The van der Waals surface area contributed by atoms with Gasteiger partial charge in [-0.3, -0.25) is 9.59 Å². The van der Waals surface area contributed by atoms with E-state index in [1.807, 2.05) is 20.8 Å². The third-order valence-electron chi connectivity index (χ3n) is 3.84. The molecule has 0 saturated heterocycles. The number of halogens is 2. The average Bonchev–Trinajstić information content (AvgIpc) is 2.53. The maximum Gasteiger partial charge on any atom is 0.273 e. The summed E-state index contributed by atoms with van der Waals surface area (Å²) < 4.78 is 0. The summed E-state index contributed by atoms with van der Waals surface area (Å²) >= 11 is 17.4. The van der Waals surface area contributed by atoms with Crippen molar-refractivity contribution < 1.29 is 9.59 Å². The van der Waals surface area contributed by atoms with E-state index >= 15 is 0 Å². The molecule has 0 heterocycles. The van der Waals surface area contributed by atoms with E-state index in [-0.39, 0.29) is 11.8 Å². The average molecular weight is 411 g/mol. The van der Waals surface area contributed by atoms with E-state index in [1.54, 1.807) is 49.5 Å². The van der Waals surface area contributed by atoms with Gasteiger partial charge in [0.2, 0.25) is 0 Å². The number of benzene rings is 1. The lowest BCUT2D eigenvalue weighted by Gasteiger charge is -2.43. The number of carbonyl (C=O) groups excluding carboxylic acids is 2. The van der Waals surface area contributed by atoms with Crippen molar-refractivity contribution in [3.8, 4) is 0 Å². The highest BCUT2D eigenvalue weighted by molar-refractivity contribution is 7.80. The first-order valence-corrected chi connectivity index (χ1v) is 9.16. The van der Waals surface area contributed by atoms with Gasteiger partial charge in [0, 0.05) is 16.9 Å². The van der Waals surface area contributed by atoms with Crippen molar-refractivity contribution in [2.45, 2.75) is 26.3 Å². The van der Waals surface area contributed by atoms with Gasteiger partial charge in [0.25, 0.3) is 11.8 Å². The first kappa shape index (κ1) is 20.6. The normalized spacial score (nSPS) is 16.9. The fourth-order valence-corrected chi connectivity index (χ4v) is 3.50. The summed E-state index contributed by atoms with van der Waals surface area (Å²) in [6.07, 6.45) is 4.87. The Morgan fingerprint density at radius 3 is 2.31 bits per heavy atom. The summed E-state index contributed by atoms with van der Waals surface area (Å²) in [4.78, 5) is 26.6. The number of rotatable bonds is 2. The van der Waals surface area contributed by atoms with Crippen molar-refractivity contribution >= 4 is 52.1 Å². The lowest BCUT2D eigenvalue weighted by Crippen LogP contribution is -2.58. The Balaban J connectivity index is 2.38. The first-order chi connectivity index (χ1) is 12.0. The van der Waals surface area contributed by atoms with Gasteiger partial charge in [-0.2, -0.15) is 0 Å². The Bertz CT molecular complexity index is 812. The summed E-state index contributed by atoms with van der Waals surface area (Å²) in [6, 6.07) is 6.73. The number of allylic oxidation sites excluding steroid dienone is 3. The summed E-state index contributed by atoms with van der Waals surface area (Å²) in [5, 5.41) is 3.50. The zero-order chi connectivity index (χ0) is 19.6. The molecule has 0 radical (unpaired) electrons. The molecule has 0 N–H and O–H groups in total. The minimum atomic E-state index is -0.659. The van der Waals surface area contributed by atoms with E-state index in [1.165, 1.54) is 10.0 Å². The van der Waals surface area contributed by atoms with Gasteiger partial charge in [-0.25, -0.2) is 10.0 Å². The molecule has 1 aliphatic rings. The van der Waals surface area contributed by atoms with E-state index in [2.05, 4.69) is 0 Å². The van der Waals surface area contributed by atoms with Gasteiger partial charge in [-0.1, -0.05) is 53.6 Å². The standard InChI is InChI=1S/C19H20Cl2N2O2S/c1-19(2,3)23(18(25)14-10-9-12(20)11-16(14)26)22(4)17(24)13-7-5-6-8-15(13)21/h5-11,14H,1-4H3. The van der Waals surface area contributed by atoms with E-state index < -0.39 is 11.5 Å². The van der Waals surface area contributed by atoms with Crippen molar-refractivity contribution in [2.24, 2.45) is 5.92 Å². The van der Waals surface area contributed by atoms with Gasteiger partial charge in [-0.15, -0.1) is 0 Å². The van der Waals surface area contributed by atoms with Crippen LogP contribution in [-0.4, -0.2) is 39.3 Å². The molecule has 1 unspecified atom stereocenters. The van der Waals surface area contributed by atoms with Crippen LogP contribution < -0.4 is 0 Å². The third-order valence-corrected chi connectivity index (χ3v) is 4.78. The van der Waals surface area contributed by atoms with Crippen LogP contribution in [0.2, 0.25) is 5.02 Å². The van der Waals surface area contributed by atoms with Crippen LogP contribution in [0.15, 0.2) is 47.5 Å². The van der Waals surface area contributed by atoms with Crippen LogP contribution in [0.3, 0.4) is 0 Å². The summed E-state index contributed by atoms with van der Waals surface area (Å²) in [7, 11) is 1.55. The minimum absolute atomic E-state index is 0.304. The van der Waals surface area contributed by atoms with E-state index in [4.69, 9.17) is 35.4 Å². The Kier molecular flexibility index (Phi) is 6.27. The van der Waals surface area contributed by atoms with Crippen LogP contribution in [0.4, 0.5) is 0 Å². The number of nitrogens with zero attached hydrogens (tertiary/aromatic N) is 2. The second-order valence-electron chi connectivity index (χ2n) is 6.90. The van der Waals surface area contributed by atoms with Crippen molar-refractivity contribution in [1.29, 1.82) is 0 Å². The molecule has 0 spiro atoms. The molecule has 0 saturated carbocycles. The second kappa shape index (κ2) is 7.91. The van der Waals surface area contributed by atoms with Gasteiger partial charge < -0.3 is 0 Å². The zero-order valence-electron chi connectivity index (χ0n) is 15.0. The molecule has 26 heavy (non-hydrogen) atoms. The monoisotopic (exact) mass is 410 g/mol. The molecule has 1 atom stereocenters. The molecule has 4 nitrogen and oxygen atoms in total. The molecule has 0 fully saturated rings. The highest BCUT2D eigenvalue weighted by atomic mass is 35.5. The van der Waals surface area contributed by atoms with Crippen molar-refractivity contribution in [1.82, 2.24) is 10.0 Å². The molecule has 138 valence electrons. The van der Waals surface area contributed by atoms with E-state index in [0.29, 0.717) is 20.5 Å². The van der Waals surface area contributed by atoms with E-state index in [9.17, 15) is 9.59 Å².